The van der Waals surface area contributed by atoms with E-state index < -0.39 is 29.4 Å². The number of anilines is 1. The molecule has 0 unspecified atom stereocenters. The van der Waals surface area contributed by atoms with Crippen molar-refractivity contribution >= 4 is 46.3 Å². The summed E-state index contributed by atoms with van der Waals surface area (Å²) >= 11 is 1.11. The minimum absolute atomic E-state index is 0.0227. The number of nitrogen functional groups attached to an aromatic ring is 1. The van der Waals surface area contributed by atoms with Crippen LogP contribution in [0.5, 0.6) is 5.75 Å². The van der Waals surface area contributed by atoms with Crippen molar-refractivity contribution in [2.45, 2.75) is 78.6 Å². The number of carbonyl (C=O) groups excluding carboxylic acids is 2. The molecule has 2 amide bonds. The van der Waals surface area contributed by atoms with Crippen LogP contribution in [0.25, 0.3) is 0 Å². The maximum atomic E-state index is 12.1. The van der Waals surface area contributed by atoms with Gasteiger partial charge in [-0.2, -0.15) is 0 Å². The molecular formula is C33H50N8O8S. The predicted octanol–water partition coefficient (Wildman–Crippen LogP) is 4.03. The number of aliphatic carboxylic acids is 1. The topological polar surface area (TPSA) is 214 Å². The molecule has 16 nitrogen and oxygen atoms in total. The Balaban J connectivity index is 1.53. The number of rotatable bonds is 15. The van der Waals surface area contributed by atoms with E-state index in [1.165, 1.54) is 5.38 Å². The first-order chi connectivity index (χ1) is 23.5. The van der Waals surface area contributed by atoms with Gasteiger partial charge in [-0.25, -0.2) is 19.4 Å². The number of fused-ring (bicyclic) bond motifs is 1. The summed E-state index contributed by atoms with van der Waals surface area (Å²) in [6.07, 6.45) is 0.921. The number of thiazole rings is 1. The van der Waals surface area contributed by atoms with Crippen molar-refractivity contribution in [1.29, 1.82) is 5.41 Å². The smallest absolute Gasteiger partial charge is 0.407 e. The van der Waals surface area contributed by atoms with Gasteiger partial charge in [-0.15, -0.1) is 11.3 Å². The highest BCUT2D eigenvalue weighted by atomic mass is 32.1. The number of guanidine groups is 1. The summed E-state index contributed by atoms with van der Waals surface area (Å²) in [6, 6.07) is 5.78. The predicted molar refractivity (Wildman–Crippen MR) is 190 cm³/mol. The molecule has 1 aliphatic heterocycles. The van der Waals surface area contributed by atoms with Crippen LogP contribution in [-0.4, -0.2) is 107 Å². The average molecular weight is 719 g/mol. The zero-order valence-electron chi connectivity index (χ0n) is 29.7. The minimum Gasteiger partial charge on any atom is -0.490 e. The first kappa shape index (κ1) is 39.6. The van der Waals surface area contributed by atoms with Gasteiger partial charge < -0.3 is 50.3 Å². The summed E-state index contributed by atoms with van der Waals surface area (Å²) in [5.41, 5.74) is 6.37. The lowest BCUT2D eigenvalue weighted by atomic mass is 9.99. The number of oxime groups is 1. The second-order valence-electron chi connectivity index (χ2n) is 13.5. The van der Waals surface area contributed by atoms with Crippen LogP contribution in [0.1, 0.15) is 71.2 Å². The summed E-state index contributed by atoms with van der Waals surface area (Å²) in [5, 5.41) is 29.4. The van der Waals surface area contributed by atoms with Gasteiger partial charge in [0.15, 0.2) is 17.7 Å². The van der Waals surface area contributed by atoms with Crippen LogP contribution < -0.4 is 21.1 Å². The van der Waals surface area contributed by atoms with E-state index in [-0.39, 0.29) is 29.8 Å². The molecule has 3 rings (SSSR count). The second kappa shape index (κ2) is 18.3. The molecular weight excluding hydrogens is 668 g/mol. The third kappa shape index (κ3) is 14.0. The van der Waals surface area contributed by atoms with E-state index in [1.807, 2.05) is 28.0 Å². The number of carboxylic acid groups (broad SMARTS) is 1. The average Bonchev–Trinajstić information content (AvgIpc) is 3.44. The third-order valence-electron chi connectivity index (χ3n) is 6.90. The molecule has 1 aromatic carbocycles. The summed E-state index contributed by atoms with van der Waals surface area (Å²) in [7, 11) is 0. The van der Waals surface area contributed by atoms with Crippen molar-refractivity contribution in [2.24, 2.45) is 5.16 Å². The number of carbonyl (C=O) groups is 3. The molecule has 1 aliphatic rings. The molecule has 50 heavy (non-hydrogen) atoms. The molecule has 2 aromatic rings. The Morgan fingerprint density at radius 3 is 2.18 bits per heavy atom. The fourth-order valence-electron chi connectivity index (χ4n) is 4.77. The van der Waals surface area contributed by atoms with Crippen molar-refractivity contribution in [3.05, 3.63) is 40.4 Å². The first-order valence-electron chi connectivity index (χ1n) is 16.4. The van der Waals surface area contributed by atoms with E-state index in [1.54, 1.807) is 41.5 Å². The molecule has 0 radical (unpaired) electrons. The largest absolute Gasteiger partial charge is 0.490 e. The molecule has 276 valence electrons. The van der Waals surface area contributed by atoms with Crippen molar-refractivity contribution in [3.8, 4) is 5.75 Å². The molecule has 1 aromatic heterocycles. The zero-order valence-corrected chi connectivity index (χ0v) is 30.5. The SMILES string of the molecule is CC(C)(C)OC(=O)NCCCN(CCCNC(=O)OC(C)(C)C)C(=N)N1CCc2cc(OCCO/N=C(\C(=O)O)c3csc(N)n3)ccc2C1. The van der Waals surface area contributed by atoms with Gasteiger partial charge in [-0.3, -0.25) is 5.41 Å². The molecule has 0 saturated carbocycles. The zero-order chi connectivity index (χ0) is 36.9. The Hall–Kier alpha value is -4.80. The summed E-state index contributed by atoms with van der Waals surface area (Å²) in [5.74, 6) is -0.270. The van der Waals surface area contributed by atoms with Gasteiger partial charge in [0.05, 0.1) is 0 Å². The number of nitrogens with one attached hydrogen (secondary N) is 3. The monoisotopic (exact) mass is 718 g/mol. The number of hydrogen-bond acceptors (Lipinski definition) is 12. The van der Waals surface area contributed by atoms with E-state index in [4.69, 9.17) is 30.2 Å². The van der Waals surface area contributed by atoms with Gasteiger partial charge >= 0.3 is 18.2 Å². The highest BCUT2D eigenvalue weighted by molar-refractivity contribution is 7.13. The van der Waals surface area contributed by atoms with Crippen molar-refractivity contribution < 1.29 is 38.5 Å². The molecule has 6 N–H and O–H groups in total. The standard InChI is InChI=1S/C33H50N8O8S/c1-32(2,3)48-30(44)36-12-7-14-40(15-8-13-37-31(45)49-33(4,5)6)29(35)41-16-11-22-19-24(10-9-23(22)20-41)46-17-18-47-39-26(27(42)43)25-21-50-28(34)38-25/h9-10,19,21,35H,7-8,11-18,20H2,1-6H3,(H2,34,38)(H,36,44)(H,37,45)(H,42,43)/b35-29?,39-26-. The first-order valence-corrected chi connectivity index (χ1v) is 17.3. The molecule has 0 fully saturated rings. The maximum absolute atomic E-state index is 12.1. The van der Waals surface area contributed by atoms with Crippen molar-refractivity contribution in [1.82, 2.24) is 25.4 Å². The Labute approximate surface area is 296 Å². The molecule has 0 bridgehead atoms. The van der Waals surface area contributed by atoms with Crippen LogP contribution in [0.2, 0.25) is 0 Å². The summed E-state index contributed by atoms with van der Waals surface area (Å²) in [4.78, 5) is 48.7. The summed E-state index contributed by atoms with van der Waals surface area (Å²) in [6.45, 7) is 14.0. The number of carboxylic acids is 1. The Bertz CT molecular complexity index is 1470. The van der Waals surface area contributed by atoms with E-state index in [0.29, 0.717) is 70.2 Å². The lowest BCUT2D eigenvalue weighted by Gasteiger charge is -2.36. The normalized spacial score (nSPS) is 13.2. The molecule has 17 heteroatoms. The maximum Gasteiger partial charge on any atom is 0.407 e. The quantitative estimate of drug-likeness (QED) is 0.0764. The fourth-order valence-corrected chi connectivity index (χ4v) is 5.32. The van der Waals surface area contributed by atoms with E-state index >= 15 is 0 Å². The lowest BCUT2D eigenvalue weighted by Crippen LogP contribution is -2.47. The van der Waals surface area contributed by atoms with Gasteiger partial charge in [-0.05, 0) is 84.1 Å². The van der Waals surface area contributed by atoms with E-state index in [2.05, 4.69) is 20.8 Å². The molecule has 0 aliphatic carbocycles. The van der Waals surface area contributed by atoms with Crippen LogP contribution in [0, 0.1) is 5.41 Å². The van der Waals surface area contributed by atoms with Gasteiger partial charge in [0.1, 0.15) is 29.3 Å². The number of hydrogen-bond donors (Lipinski definition) is 5. The number of ether oxygens (including phenoxy) is 3. The van der Waals surface area contributed by atoms with Crippen LogP contribution >= 0.6 is 11.3 Å². The number of nitrogens with zero attached hydrogens (tertiary/aromatic N) is 4. The van der Waals surface area contributed by atoms with Crippen LogP contribution in [0.3, 0.4) is 0 Å². The number of benzene rings is 1. The van der Waals surface area contributed by atoms with Crippen LogP contribution in [0.4, 0.5) is 14.7 Å². The van der Waals surface area contributed by atoms with Gasteiger partial charge in [-0.1, -0.05) is 11.2 Å². The second-order valence-corrected chi connectivity index (χ2v) is 14.4. The van der Waals surface area contributed by atoms with Gasteiger partial charge in [0, 0.05) is 44.6 Å². The van der Waals surface area contributed by atoms with Crippen molar-refractivity contribution in [2.75, 3.05) is 51.7 Å². The number of alkyl carbamates (subject to hydrolysis) is 2. The highest BCUT2D eigenvalue weighted by Crippen LogP contribution is 2.25. The Kier molecular flexibility index (Phi) is 14.5. The number of amides is 2. The van der Waals surface area contributed by atoms with Gasteiger partial charge in [0.2, 0.25) is 5.71 Å². The number of nitrogens with two attached hydrogens (primary N) is 1. The third-order valence-corrected chi connectivity index (χ3v) is 7.58. The van der Waals surface area contributed by atoms with Crippen LogP contribution in [0.15, 0.2) is 28.7 Å². The fraction of sp³-hybridized carbons (Fsp3) is 0.576. The minimum atomic E-state index is -1.28. The molecule has 0 spiro atoms. The number of aromatic nitrogens is 1. The Morgan fingerprint density at radius 2 is 1.64 bits per heavy atom. The lowest BCUT2D eigenvalue weighted by molar-refractivity contribution is -0.129. The van der Waals surface area contributed by atoms with Crippen LogP contribution in [-0.2, 0) is 32.1 Å². The molecule has 0 atom stereocenters. The van der Waals surface area contributed by atoms with Crippen molar-refractivity contribution in [3.63, 3.8) is 0 Å². The highest BCUT2D eigenvalue weighted by Gasteiger charge is 2.24. The van der Waals surface area contributed by atoms with E-state index in [9.17, 15) is 19.5 Å². The van der Waals surface area contributed by atoms with Gasteiger partial charge in [0.25, 0.3) is 0 Å². The van der Waals surface area contributed by atoms with E-state index in [0.717, 1.165) is 22.5 Å². The Morgan fingerprint density at radius 1 is 1.02 bits per heavy atom. The summed E-state index contributed by atoms with van der Waals surface area (Å²) < 4.78 is 16.5. The molecule has 2 heterocycles. The molecule has 0 saturated heterocycles.